The summed E-state index contributed by atoms with van der Waals surface area (Å²) in [5.74, 6) is -1.19. The number of halogens is 1. The molecule has 9 heteroatoms. The second-order valence-corrected chi connectivity index (χ2v) is 8.79. The molecular weight excluding hydrogens is 470 g/mol. The van der Waals surface area contributed by atoms with E-state index in [4.69, 9.17) is 16.3 Å². The Kier molecular flexibility index (Phi) is 9.14. The molecule has 0 aromatic heterocycles. The van der Waals surface area contributed by atoms with Crippen LogP contribution >= 0.6 is 11.6 Å². The van der Waals surface area contributed by atoms with E-state index in [-0.39, 0.29) is 23.8 Å². The first-order valence-corrected chi connectivity index (χ1v) is 12.0. The fraction of sp³-hybridized carbons (Fsp3) is 0.346. The molecule has 186 valence electrons. The zero-order chi connectivity index (χ0) is 25.4. The van der Waals surface area contributed by atoms with E-state index in [1.54, 1.807) is 24.3 Å². The summed E-state index contributed by atoms with van der Waals surface area (Å²) in [6.45, 7) is 3.72. The minimum absolute atomic E-state index is 0.130. The van der Waals surface area contributed by atoms with Crippen molar-refractivity contribution in [2.75, 3.05) is 11.9 Å². The Bertz CT molecular complexity index is 1130. The first-order valence-electron chi connectivity index (χ1n) is 11.6. The van der Waals surface area contributed by atoms with Crippen molar-refractivity contribution in [1.29, 1.82) is 0 Å². The molecule has 0 aliphatic heterocycles. The molecule has 1 aliphatic carbocycles. The number of carbonyl (C=O) groups is 3. The van der Waals surface area contributed by atoms with Crippen LogP contribution < -0.4 is 20.7 Å². The topological polar surface area (TPSA) is 117 Å². The van der Waals surface area contributed by atoms with Gasteiger partial charge in [0.05, 0.1) is 5.69 Å². The maximum Gasteiger partial charge on any atom is 0.412 e. The number of carboxylic acids is 1. The average molecular weight is 500 g/mol. The highest BCUT2D eigenvalue weighted by Crippen LogP contribution is 2.35. The van der Waals surface area contributed by atoms with Gasteiger partial charge in [-0.2, -0.15) is 0 Å². The van der Waals surface area contributed by atoms with E-state index in [9.17, 15) is 19.5 Å². The Balaban J connectivity index is 1.85. The Hall–Kier alpha value is -3.52. The SMILES string of the molecule is CCCNC(=O)Oc1ccc(CC(NC(=C2CCC2)c2ccccc2Cl)C(=O)O)cc1NC(C)=O. The largest absolute Gasteiger partial charge is 0.480 e. The Morgan fingerprint density at radius 3 is 2.49 bits per heavy atom. The van der Waals surface area contributed by atoms with Gasteiger partial charge in [0.15, 0.2) is 5.75 Å². The molecular formula is C26H30ClN3O5. The first kappa shape index (κ1) is 26.1. The summed E-state index contributed by atoms with van der Waals surface area (Å²) >= 11 is 6.42. The number of nitrogens with one attached hydrogen (secondary N) is 3. The maximum atomic E-state index is 12.2. The monoisotopic (exact) mass is 499 g/mol. The zero-order valence-corrected chi connectivity index (χ0v) is 20.6. The predicted octanol–water partition coefficient (Wildman–Crippen LogP) is 4.98. The third-order valence-electron chi connectivity index (χ3n) is 5.59. The molecule has 1 atom stereocenters. The van der Waals surface area contributed by atoms with Crippen molar-refractivity contribution < 1.29 is 24.2 Å². The number of hydrogen-bond acceptors (Lipinski definition) is 5. The number of hydrogen-bond donors (Lipinski definition) is 4. The Labute approximate surface area is 209 Å². The number of anilines is 1. The summed E-state index contributed by atoms with van der Waals surface area (Å²) in [5.41, 5.74) is 3.60. The number of carbonyl (C=O) groups excluding carboxylic acids is 2. The molecule has 2 aromatic rings. The molecule has 0 heterocycles. The van der Waals surface area contributed by atoms with Crippen LogP contribution in [0.5, 0.6) is 5.75 Å². The van der Waals surface area contributed by atoms with Crippen molar-refractivity contribution in [3.05, 3.63) is 64.2 Å². The summed E-state index contributed by atoms with van der Waals surface area (Å²) in [6, 6.07) is 11.3. The summed E-state index contributed by atoms with van der Waals surface area (Å²) in [7, 11) is 0. The lowest BCUT2D eigenvalue weighted by Gasteiger charge is -2.27. The minimum atomic E-state index is -1.02. The van der Waals surface area contributed by atoms with E-state index < -0.39 is 18.1 Å². The Morgan fingerprint density at radius 2 is 1.89 bits per heavy atom. The van der Waals surface area contributed by atoms with Crippen molar-refractivity contribution >= 4 is 41.0 Å². The number of allylic oxidation sites excluding steroid dienone is 1. The predicted molar refractivity (Wildman–Crippen MR) is 136 cm³/mol. The van der Waals surface area contributed by atoms with Crippen molar-refractivity contribution in [3.8, 4) is 5.75 Å². The van der Waals surface area contributed by atoms with Crippen LogP contribution in [0.15, 0.2) is 48.0 Å². The molecule has 1 fully saturated rings. The van der Waals surface area contributed by atoms with Gasteiger partial charge < -0.3 is 25.8 Å². The van der Waals surface area contributed by atoms with Gasteiger partial charge >= 0.3 is 12.1 Å². The standard InChI is InChI=1S/C26H30ClN3O5/c1-3-13-28-26(34)35-23-12-11-17(14-21(23)29-16(2)31)15-22(25(32)33)30-24(18-7-6-8-18)19-9-4-5-10-20(19)27/h4-5,9-12,14,22,30H,3,6-8,13,15H2,1-2H3,(H,28,34)(H,29,31)(H,32,33). The number of benzene rings is 2. The van der Waals surface area contributed by atoms with Crippen LogP contribution in [0, 0.1) is 0 Å². The maximum absolute atomic E-state index is 12.2. The van der Waals surface area contributed by atoms with Gasteiger partial charge in [0.2, 0.25) is 5.91 Å². The number of rotatable bonds is 10. The second-order valence-electron chi connectivity index (χ2n) is 8.38. The third-order valence-corrected chi connectivity index (χ3v) is 5.92. The smallest absolute Gasteiger partial charge is 0.412 e. The number of amides is 2. The van der Waals surface area contributed by atoms with Gasteiger partial charge in [0, 0.05) is 36.2 Å². The summed E-state index contributed by atoms with van der Waals surface area (Å²) in [6.07, 6.45) is 3.08. The summed E-state index contributed by atoms with van der Waals surface area (Å²) in [4.78, 5) is 35.9. The van der Waals surface area contributed by atoms with Crippen LogP contribution in [0.3, 0.4) is 0 Å². The lowest BCUT2D eigenvalue weighted by molar-refractivity contribution is -0.139. The first-order chi connectivity index (χ1) is 16.8. The minimum Gasteiger partial charge on any atom is -0.480 e. The van der Waals surface area contributed by atoms with Crippen LogP contribution in [-0.2, 0) is 16.0 Å². The van der Waals surface area contributed by atoms with Crippen molar-refractivity contribution in [2.24, 2.45) is 0 Å². The molecule has 1 saturated carbocycles. The highest BCUT2D eigenvalue weighted by Gasteiger charge is 2.25. The van der Waals surface area contributed by atoms with E-state index in [2.05, 4.69) is 16.0 Å². The lowest BCUT2D eigenvalue weighted by Crippen LogP contribution is -2.38. The molecule has 8 nitrogen and oxygen atoms in total. The highest BCUT2D eigenvalue weighted by molar-refractivity contribution is 6.32. The Morgan fingerprint density at radius 1 is 1.14 bits per heavy atom. The van der Waals surface area contributed by atoms with E-state index in [0.717, 1.165) is 42.5 Å². The van der Waals surface area contributed by atoms with Gasteiger partial charge in [0.25, 0.3) is 0 Å². The number of ether oxygens (including phenoxy) is 1. The molecule has 1 unspecified atom stereocenters. The molecule has 2 amide bonds. The van der Waals surface area contributed by atoms with Crippen LogP contribution in [0.2, 0.25) is 5.02 Å². The van der Waals surface area contributed by atoms with Crippen molar-refractivity contribution in [1.82, 2.24) is 10.6 Å². The van der Waals surface area contributed by atoms with Crippen LogP contribution in [0.1, 0.15) is 50.7 Å². The van der Waals surface area contributed by atoms with E-state index in [1.165, 1.54) is 6.92 Å². The highest BCUT2D eigenvalue weighted by atomic mass is 35.5. The molecule has 35 heavy (non-hydrogen) atoms. The van der Waals surface area contributed by atoms with E-state index in [1.807, 2.05) is 25.1 Å². The number of carboxylic acid groups (broad SMARTS) is 1. The summed E-state index contributed by atoms with van der Waals surface area (Å²) in [5, 5.41) is 19.0. The normalized spacial score (nSPS) is 13.3. The van der Waals surface area contributed by atoms with Gasteiger partial charge in [-0.05, 0) is 55.0 Å². The molecule has 0 saturated heterocycles. The molecule has 0 spiro atoms. The van der Waals surface area contributed by atoms with Gasteiger partial charge in [-0.3, -0.25) is 4.79 Å². The van der Waals surface area contributed by atoms with Gasteiger partial charge in [0.1, 0.15) is 6.04 Å². The molecule has 4 N–H and O–H groups in total. The van der Waals surface area contributed by atoms with Gasteiger partial charge in [-0.1, -0.05) is 42.8 Å². The average Bonchev–Trinajstić information content (AvgIpc) is 2.77. The molecule has 0 bridgehead atoms. The molecule has 0 radical (unpaired) electrons. The molecule has 3 rings (SSSR count). The van der Waals surface area contributed by atoms with Crippen LogP contribution in [-0.4, -0.2) is 35.7 Å². The van der Waals surface area contributed by atoms with Crippen molar-refractivity contribution in [2.45, 2.75) is 52.0 Å². The molecule has 2 aromatic carbocycles. The van der Waals surface area contributed by atoms with Gasteiger partial charge in [-0.15, -0.1) is 0 Å². The lowest BCUT2D eigenvalue weighted by atomic mass is 9.88. The number of aliphatic carboxylic acids is 1. The van der Waals surface area contributed by atoms with Crippen molar-refractivity contribution in [3.63, 3.8) is 0 Å². The van der Waals surface area contributed by atoms with E-state index in [0.29, 0.717) is 17.1 Å². The zero-order valence-electron chi connectivity index (χ0n) is 19.8. The fourth-order valence-electron chi connectivity index (χ4n) is 3.69. The van der Waals surface area contributed by atoms with E-state index >= 15 is 0 Å². The molecule has 1 aliphatic rings. The summed E-state index contributed by atoms with van der Waals surface area (Å²) < 4.78 is 5.33. The van der Waals surface area contributed by atoms with Crippen LogP contribution in [0.4, 0.5) is 10.5 Å². The quantitative estimate of drug-likeness (QED) is 0.366. The van der Waals surface area contributed by atoms with Gasteiger partial charge in [-0.25, -0.2) is 9.59 Å². The second kappa shape index (κ2) is 12.3. The third kappa shape index (κ3) is 7.23. The fourth-order valence-corrected chi connectivity index (χ4v) is 3.92. The van der Waals surface area contributed by atoms with Crippen LogP contribution in [0.25, 0.3) is 5.70 Å².